The summed E-state index contributed by atoms with van der Waals surface area (Å²) in [6.45, 7) is 2.23. The second-order valence-electron chi connectivity index (χ2n) is 10.8. The molecule has 174 valence electrons. The zero-order valence-corrected chi connectivity index (χ0v) is 19.3. The van der Waals surface area contributed by atoms with Crippen LogP contribution < -0.4 is 20.3 Å². The number of nitrogens with zero attached hydrogens (tertiary/aromatic N) is 1. The van der Waals surface area contributed by atoms with Crippen LogP contribution in [0.4, 0.5) is 5.69 Å². The fourth-order valence-corrected chi connectivity index (χ4v) is 7.30. The van der Waals surface area contributed by atoms with Crippen LogP contribution in [0.1, 0.15) is 57.8 Å². The van der Waals surface area contributed by atoms with E-state index < -0.39 is 0 Å². The van der Waals surface area contributed by atoms with Crippen molar-refractivity contribution in [3.63, 3.8) is 0 Å². The summed E-state index contributed by atoms with van der Waals surface area (Å²) in [5, 5.41) is 6.32. The third-order valence-corrected chi connectivity index (χ3v) is 8.36. The van der Waals surface area contributed by atoms with E-state index in [9.17, 15) is 9.59 Å². The quantitative estimate of drug-likeness (QED) is 0.682. The lowest BCUT2D eigenvalue weighted by Crippen LogP contribution is -2.54. The molecule has 1 atom stereocenters. The lowest BCUT2D eigenvalue weighted by molar-refractivity contribution is -0.146. The summed E-state index contributed by atoms with van der Waals surface area (Å²) in [6, 6.07) is 8.23. The third kappa shape index (κ3) is 4.46. The van der Waals surface area contributed by atoms with Crippen molar-refractivity contribution in [2.24, 2.45) is 23.2 Å². The standard InChI is InChI=1S/C26H37N3O3/c1-32-23-6-2-5-22(13-23)29-9-3-4-21(17-29)28-24(30)7-8-27-25(31)26-14-18-10-19(15-26)12-20(11-18)16-26/h2,5-6,13,18-21H,3-4,7-12,14-17H2,1H3,(H,27,31)(H,28,30). The maximum Gasteiger partial charge on any atom is 0.226 e. The SMILES string of the molecule is COc1cccc(N2CCCC(NC(=O)CCNC(=O)C34CC5CC(CC(C5)C3)C4)C2)c1. The molecular formula is C26H37N3O3. The van der Waals surface area contributed by atoms with E-state index in [2.05, 4.69) is 21.6 Å². The number of piperidine rings is 1. The van der Waals surface area contributed by atoms with Gasteiger partial charge in [0, 0.05) is 49.3 Å². The van der Waals surface area contributed by atoms with Crippen molar-refractivity contribution < 1.29 is 14.3 Å². The predicted molar refractivity (Wildman–Crippen MR) is 125 cm³/mol. The molecule has 2 N–H and O–H groups in total. The Balaban J connectivity index is 1.08. The molecule has 2 amide bonds. The van der Waals surface area contributed by atoms with Crippen LogP contribution in [0.25, 0.3) is 0 Å². The molecular weight excluding hydrogens is 402 g/mol. The van der Waals surface area contributed by atoms with Gasteiger partial charge in [0.1, 0.15) is 5.75 Å². The number of amides is 2. The molecule has 0 aromatic heterocycles. The summed E-state index contributed by atoms with van der Waals surface area (Å²) < 4.78 is 5.35. The lowest BCUT2D eigenvalue weighted by atomic mass is 9.49. The van der Waals surface area contributed by atoms with E-state index in [-0.39, 0.29) is 23.3 Å². The molecule has 4 saturated carbocycles. The van der Waals surface area contributed by atoms with Crippen molar-refractivity contribution in [2.45, 2.75) is 63.8 Å². The number of nitrogens with one attached hydrogen (secondary N) is 2. The molecule has 1 unspecified atom stereocenters. The molecule has 4 aliphatic carbocycles. The van der Waals surface area contributed by atoms with Crippen LogP contribution in [0.5, 0.6) is 5.75 Å². The Bertz CT molecular complexity index is 819. The minimum atomic E-state index is -0.133. The molecule has 6 nitrogen and oxygen atoms in total. The molecule has 6 heteroatoms. The Labute approximate surface area is 191 Å². The minimum Gasteiger partial charge on any atom is -0.497 e. The van der Waals surface area contributed by atoms with Crippen LogP contribution in [0.2, 0.25) is 0 Å². The maximum atomic E-state index is 13.1. The molecule has 5 fully saturated rings. The van der Waals surface area contributed by atoms with E-state index in [1.807, 2.05) is 18.2 Å². The molecule has 0 radical (unpaired) electrons. The number of hydrogen-bond acceptors (Lipinski definition) is 4. The van der Waals surface area contributed by atoms with Gasteiger partial charge in [-0.15, -0.1) is 0 Å². The number of carbonyl (C=O) groups is 2. The maximum absolute atomic E-state index is 13.1. The van der Waals surface area contributed by atoms with E-state index in [1.165, 1.54) is 19.3 Å². The smallest absolute Gasteiger partial charge is 0.226 e. The van der Waals surface area contributed by atoms with Gasteiger partial charge in [-0.2, -0.15) is 0 Å². The number of ether oxygens (including phenoxy) is 1. The first-order valence-corrected chi connectivity index (χ1v) is 12.5. The van der Waals surface area contributed by atoms with Crippen molar-refractivity contribution in [1.29, 1.82) is 0 Å². The average Bonchev–Trinajstić information content (AvgIpc) is 2.78. The second kappa shape index (κ2) is 8.95. The Hall–Kier alpha value is -2.24. The van der Waals surface area contributed by atoms with Gasteiger partial charge < -0.3 is 20.3 Å². The Morgan fingerprint density at radius 1 is 1.12 bits per heavy atom. The van der Waals surface area contributed by atoms with Gasteiger partial charge in [0.15, 0.2) is 0 Å². The first-order valence-electron chi connectivity index (χ1n) is 12.5. The van der Waals surface area contributed by atoms with Gasteiger partial charge in [-0.05, 0) is 81.3 Å². The average molecular weight is 440 g/mol. The fraction of sp³-hybridized carbons (Fsp3) is 0.692. The highest BCUT2D eigenvalue weighted by Crippen LogP contribution is 2.60. The summed E-state index contributed by atoms with van der Waals surface area (Å²) in [7, 11) is 1.68. The van der Waals surface area contributed by atoms with Crippen LogP contribution in [0.15, 0.2) is 24.3 Å². The number of hydrogen-bond donors (Lipinski definition) is 2. The largest absolute Gasteiger partial charge is 0.497 e. The fourth-order valence-electron chi connectivity index (χ4n) is 7.30. The summed E-state index contributed by atoms with van der Waals surface area (Å²) in [5.74, 6) is 3.38. The van der Waals surface area contributed by atoms with Gasteiger partial charge in [-0.25, -0.2) is 0 Å². The monoisotopic (exact) mass is 439 g/mol. The number of anilines is 1. The van der Waals surface area contributed by atoms with E-state index >= 15 is 0 Å². The second-order valence-corrected chi connectivity index (χ2v) is 10.8. The first-order chi connectivity index (χ1) is 15.5. The molecule has 1 heterocycles. The van der Waals surface area contributed by atoms with Crippen LogP contribution in [0, 0.1) is 23.2 Å². The van der Waals surface area contributed by atoms with Gasteiger partial charge in [0.05, 0.1) is 7.11 Å². The van der Waals surface area contributed by atoms with E-state index in [4.69, 9.17) is 4.74 Å². The highest BCUT2D eigenvalue weighted by Gasteiger charge is 2.54. The normalized spacial score (nSPS) is 33.1. The number of methoxy groups -OCH3 is 1. The molecule has 4 bridgehead atoms. The third-order valence-electron chi connectivity index (χ3n) is 8.36. The number of carbonyl (C=O) groups excluding carboxylic acids is 2. The predicted octanol–water partition coefficient (Wildman–Crippen LogP) is 3.50. The summed E-state index contributed by atoms with van der Waals surface area (Å²) in [5.41, 5.74) is 0.998. The summed E-state index contributed by atoms with van der Waals surface area (Å²) in [6.07, 6.45) is 9.61. The topological polar surface area (TPSA) is 70.7 Å². The molecule has 1 aromatic rings. The van der Waals surface area contributed by atoms with Crippen LogP contribution >= 0.6 is 0 Å². The number of rotatable bonds is 7. The molecule has 1 aromatic carbocycles. The van der Waals surface area contributed by atoms with Crippen molar-refractivity contribution in [1.82, 2.24) is 10.6 Å². The Kier molecular flexibility index (Phi) is 6.04. The van der Waals surface area contributed by atoms with Crippen LogP contribution in [0.3, 0.4) is 0 Å². The van der Waals surface area contributed by atoms with E-state index in [1.54, 1.807) is 7.11 Å². The van der Waals surface area contributed by atoms with Gasteiger partial charge in [-0.1, -0.05) is 6.07 Å². The molecule has 6 rings (SSSR count). The zero-order valence-electron chi connectivity index (χ0n) is 19.3. The Morgan fingerprint density at radius 3 is 2.53 bits per heavy atom. The minimum absolute atomic E-state index is 0.0355. The Morgan fingerprint density at radius 2 is 1.84 bits per heavy atom. The number of benzene rings is 1. The van der Waals surface area contributed by atoms with E-state index in [0.717, 1.165) is 74.4 Å². The molecule has 1 aliphatic heterocycles. The molecule has 32 heavy (non-hydrogen) atoms. The zero-order chi connectivity index (χ0) is 22.1. The van der Waals surface area contributed by atoms with E-state index in [0.29, 0.717) is 13.0 Å². The highest BCUT2D eigenvalue weighted by molar-refractivity contribution is 5.84. The lowest BCUT2D eigenvalue weighted by Gasteiger charge is -2.55. The summed E-state index contributed by atoms with van der Waals surface area (Å²) in [4.78, 5) is 28.0. The van der Waals surface area contributed by atoms with Gasteiger partial charge in [0.2, 0.25) is 11.8 Å². The molecule has 1 saturated heterocycles. The molecule has 5 aliphatic rings. The van der Waals surface area contributed by atoms with Gasteiger partial charge in [-0.3, -0.25) is 9.59 Å². The van der Waals surface area contributed by atoms with Crippen molar-refractivity contribution in [3.8, 4) is 5.75 Å². The first kappa shape index (κ1) is 21.6. The van der Waals surface area contributed by atoms with Gasteiger partial charge >= 0.3 is 0 Å². The van der Waals surface area contributed by atoms with Crippen molar-refractivity contribution in [2.75, 3.05) is 31.6 Å². The van der Waals surface area contributed by atoms with Crippen molar-refractivity contribution >= 4 is 17.5 Å². The highest BCUT2D eigenvalue weighted by atomic mass is 16.5. The summed E-state index contributed by atoms with van der Waals surface area (Å²) >= 11 is 0. The van der Waals surface area contributed by atoms with Crippen molar-refractivity contribution in [3.05, 3.63) is 24.3 Å². The van der Waals surface area contributed by atoms with Crippen LogP contribution in [-0.4, -0.2) is 44.6 Å². The molecule has 0 spiro atoms. The van der Waals surface area contributed by atoms with Gasteiger partial charge in [0.25, 0.3) is 0 Å². The van der Waals surface area contributed by atoms with Crippen LogP contribution in [-0.2, 0) is 9.59 Å².